The number of nitrogens with zero attached hydrogens (tertiary/aromatic N) is 2. The Morgan fingerprint density at radius 2 is 1.91 bits per heavy atom. The molecule has 0 unspecified atom stereocenters. The molecular weight excluding hydrogens is 488 g/mol. The molecule has 1 aliphatic heterocycles. The Balaban J connectivity index is 1.72. The van der Waals surface area contributed by atoms with Gasteiger partial charge in [-0.3, -0.25) is 9.59 Å². The normalized spacial score (nSPS) is 18.5. The van der Waals surface area contributed by atoms with Gasteiger partial charge in [-0.05, 0) is 81.2 Å². The van der Waals surface area contributed by atoms with Crippen molar-refractivity contribution < 1.29 is 14.0 Å². The molecule has 2 aromatic rings. The van der Waals surface area contributed by atoms with E-state index in [1.807, 2.05) is 27.1 Å². The fraction of sp³-hybridized carbons (Fsp3) is 0.407. The fourth-order valence-corrected chi connectivity index (χ4v) is 5.10. The Hall–Kier alpha value is -2.41. The lowest BCUT2D eigenvalue weighted by atomic mass is 9.85. The maximum absolute atomic E-state index is 14.2. The summed E-state index contributed by atoms with van der Waals surface area (Å²) in [7, 11) is 3.97. The third-order valence-electron chi connectivity index (χ3n) is 6.10. The molecule has 3 rings (SSSR count). The summed E-state index contributed by atoms with van der Waals surface area (Å²) in [6.45, 7) is 3.76. The van der Waals surface area contributed by atoms with E-state index in [0.29, 0.717) is 52.8 Å². The molecule has 0 spiro atoms. The summed E-state index contributed by atoms with van der Waals surface area (Å²) in [5, 5.41) is 3.50. The van der Waals surface area contributed by atoms with Crippen molar-refractivity contribution >= 4 is 46.8 Å². The van der Waals surface area contributed by atoms with E-state index in [4.69, 9.17) is 23.2 Å². The Bertz CT molecular complexity index is 1070. The minimum absolute atomic E-state index is 0.0565. The molecule has 1 N–H and O–H groups in total. The van der Waals surface area contributed by atoms with Crippen LogP contribution in [0.2, 0.25) is 10.0 Å². The third-order valence-corrected chi connectivity index (χ3v) is 6.68. The van der Waals surface area contributed by atoms with Crippen LogP contribution in [0.1, 0.15) is 30.9 Å². The smallest absolute Gasteiger partial charge is 0.243 e. The summed E-state index contributed by atoms with van der Waals surface area (Å²) in [4.78, 5) is 28.8. The Morgan fingerprint density at radius 3 is 2.57 bits per heavy atom. The van der Waals surface area contributed by atoms with Crippen molar-refractivity contribution in [1.82, 2.24) is 10.2 Å². The minimum Gasteiger partial charge on any atom is -0.353 e. The summed E-state index contributed by atoms with van der Waals surface area (Å²) in [5.74, 6) is -0.654. The predicted molar refractivity (Wildman–Crippen MR) is 141 cm³/mol. The molecule has 1 saturated heterocycles. The first-order valence-corrected chi connectivity index (χ1v) is 12.6. The summed E-state index contributed by atoms with van der Waals surface area (Å²) in [6.07, 6.45) is 5.14. The van der Waals surface area contributed by atoms with Gasteiger partial charge >= 0.3 is 0 Å². The molecule has 2 atom stereocenters. The SMILES string of the molecule is C[C@@H]1C[C@H](Cc2ccccc2F)CN(c2c(Cl)cc(/C=C/C(=O)NCCCN(C)C)cc2Cl)C1=O. The third kappa shape index (κ3) is 7.53. The molecule has 5 nitrogen and oxygen atoms in total. The molecule has 1 fully saturated rings. The first kappa shape index (κ1) is 27.2. The number of halogens is 3. The van der Waals surface area contributed by atoms with Gasteiger partial charge in [0.05, 0.1) is 15.7 Å². The van der Waals surface area contributed by atoms with E-state index < -0.39 is 0 Å². The zero-order chi connectivity index (χ0) is 25.5. The van der Waals surface area contributed by atoms with E-state index in [2.05, 4.69) is 10.2 Å². The first-order chi connectivity index (χ1) is 16.7. The Kier molecular flexibility index (Phi) is 9.72. The number of hydrogen-bond donors (Lipinski definition) is 1. The highest BCUT2D eigenvalue weighted by molar-refractivity contribution is 6.40. The lowest BCUT2D eigenvalue weighted by Crippen LogP contribution is -2.45. The number of anilines is 1. The quantitative estimate of drug-likeness (QED) is 0.354. The molecule has 2 amide bonds. The van der Waals surface area contributed by atoms with E-state index in [1.165, 1.54) is 12.1 Å². The number of benzene rings is 2. The van der Waals surface area contributed by atoms with Crippen molar-refractivity contribution in [3.63, 3.8) is 0 Å². The molecule has 1 heterocycles. The van der Waals surface area contributed by atoms with Gasteiger partial charge in [-0.25, -0.2) is 4.39 Å². The molecular formula is C27H32Cl2FN3O2. The van der Waals surface area contributed by atoms with E-state index >= 15 is 0 Å². The van der Waals surface area contributed by atoms with Gasteiger partial charge in [0.25, 0.3) is 0 Å². The van der Waals surface area contributed by atoms with Gasteiger partial charge in [0.1, 0.15) is 5.82 Å². The summed E-state index contributed by atoms with van der Waals surface area (Å²) >= 11 is 13.2. The Labute approximate surface area is 216 Å². The van der Waals surface area contributed by atoms with Gasteiger partial charge in [0.15, 0.2) is 0 Å². The zero-order valence-corrected chi connectivity index (χ0v) is 21.9. The van der Waals surface area contributed by atoms with Crippen LogP contribution in [0.5, 0.6) is 0 Å². The molecule has 0 aliphatic carbocycles. The van der Waals surface area contributed by atoms with Gasteiger partial charge in [0.2, 0.25) is 11.8 Å². The van der Waals surface area contributed by atoms with Gasteiger partial charge in [-0.15, -0.1) is 0 Å². The Morgan fingerprint density at radius 1 is 1.23 bits per heavy atom. The van der Waals surface area contributed by atoms with Crippen molar-refractivity contribution in [3.8, 4) is 0 Å². The summed E-state index contributed by atoms with van der Waals surface area (Å²) < 4.78 is 14.2. The van der Waals surface area contributed by atoms with Crippen molar-refractivity contribution in [2.75, 3.05) is 38.6 Å². The zero-order valence-electron chi connectivity index (χ0n) is 20.4. The van der Waals surface area contributed by atoms with Crippen LogP contribution in [0, 0.1) is 17.7 Å². The second kappa shape index (κ2) is 12.5. The molecule has 0 radical (unpaired) electrons. The van der Waals surface area contributed by atoms with Crippen LogP contribution in [0.4, 0.5) is 10.1 Å². The number of rotatable bonds is 9. The van der Waals surface area contributed by atoms with Crippen LogP contribution < -0.4 is 10.2 Å². The van der Waals surface area contributed by atoms with Crippen LogP contribution in [0.15, 0.2) is 42.5 Å². The highest BCUT2D eigenvalue weighted by atomic mass is 35.5. The number of carbonyl (C=O) groups is 2. The second-order valence-corrected chi connectivity index (χ2v) is 10.2. The van der Waals surface area contributed by atoms with Crippen molar-refractivity contribution in [3.05, 3.63) is 69.5 Å². The topological polar surface area (TPSA) is 52.7 Å². The second-order valence-electron chi connectivity index (χ2n) is 9.36. The maximum atomic E-state index is 14.2. The fourth-order valence-electron chi connectivity index (χ4n) is 4.39. The molecule has 2 aromatic carbocycles. The molecule has 1 aliphatic rings. The number of nitrogens with one attached hydrogen (secondary N) is 1. The van der Waals surface area contributed by atoms with Crippen molar-refractivity contribution in [2.45, 2.75) is 26.2 Å². The van der Waals surface area contributed by atoms with Gasteiger partial charge in [-0.2, -0.15) is 0 Å². The lowest BCUT2D eigenvalue weighted by molar-refractivity contribution is -0.124. The molecule has 188 valence electrons. The van der Waals surface area contributed by atoms with Crippen LogP contribution in [-0.4, -0.2) is 50.4 Å². The highest BCUT2D eigenvalue weighted by Gasteiger charge is 2.34. The van der Waals surface area contributed by atoms with Crippen molar-refractivity contribution in [2.24, 2.45) is 11.8 Å². The van der Waals surface area contributed by atoms with Gasteiger partial charge < -0.3 is 15.1 Å². The molecule has 0 bridgehead atoms. The summed E-state index contributed by atoms with van der Waals surface area (Å²) in [5.41, 5.74) is 1.75. The van der Waals surface area contributed by atoms with E-state index in [0.717, 1.165) is 13.0 Å². The molecule has 35 heavy (non-hydrogen) atoms. The van der Waals surface area contributed by atoms with Crippen LogP contribution >= 0.6 is 23.2 Å². The van der Waals surface area contributed by atoms with Gasteiger partial charge in [-0.1, -0.05) is 48.3 Å². The van der Waals surface area contributed by atoms with E-state index in [-0.39, 0.29) is 29.5 Å². The van der Waals surface area contributed by atoms with E-state index in [1.54, 1.807) is 35.2 Å². The number of amides is 2. The van der Waals surface area contributed by atoms with Crippen LogP contribution in [0.25, 0.3) is 6.08 Å². The summed E-state index contributed by atoms with van der Waals surface area (Å²) in [6, 6.07) is 10.1. The average Bonchev–Trinajstić information content (AvgIpc) is 2.79. The number of carbonyl (C=O) groups excluding carboxylic acids is 2. The number of piperidine rings is 1. The molecule has 8 heteroatoms. The predicted octanol–water partition coefficient (Wildman–Crippen LogP) is 5.45. The van der Waals surface area contributed by atoms with Crippen LogP contribution in [-0.2, 0) is 16.0 Å². The number of hydrogen-bond acceptors (Lipinski definition) is 3. The standard InChI is InChI=1S/C27H32Cl2FN3O2/c1-18-13-20(14-21-7-4-5-8-24(21)30)17-33(27(18)35)26-22(28)15-19(16-23(26)29)9-10-25(34)31-11-6-12-32(2)3/h4-5,7-10,15-16,18,20H,6,11-14,17H2,1-3H3,(H,31,34)/b10-9+/t18-,20-/m1/s1. The van der Waals surface area contributed by atoms with Gasteiger partial charge in [0, 0.05) is 25.1 Å². The van der Waals surface area contributed by atoms with Crippen molar-refractivity contribution in [1.29, 1.82) is 0 Å². The average molecular weight is 520 g/mol. The largest absolute Gasteiger partial charge is 0.353 e. The first-order valence-electron chi connectivity index (χ1n) is 11.8. The maximum Gasteiger partial charge on any atom is 0.243 e. The molecule has 0 aromatic heterocycles. The highest BCUT2D eigenvalue weighted by Crippen LogP contribution is 2.39. The monoisotopic (exact) mass is 519 g/mol. The van der Waals surface area contributed by atoms with E-state index in [9.17, 15) is 14.0 Å². The molecule has 0 saturated carbocycles. The lowest BCUT2D eigenvalue weighted by Gasteiger charge is -2.37. The van der Waals surface area contributed by atoms with Crippen LogP contribution in [0.3, 0.4) is 0 Å². The minimum atomic E-state index is -0.238.